The van der Waals surface area contributed by atoms with Gasteiger partial charge in [-0.3, -0.25) is 4.79 Å². The molecule has 0 atom stereocenters. The Morgan fingerprint density at radius 2 is 2.24 bits per heavy atom. The van der Waals surface area contributed by atoms with Gasteiger partial charge in [-0.1, -0.05) is 6.07 Å². The van der Waals surface area contributed by atoms with E-state index in [-0.39, 0.29) is 5.91 Å². The summed E-state index contributed by atoms with van der Waals surface area (Å²) in [6, 6.07) is 9.69. The number of benzene rings is 1. The Morgan fingerprint density at radius 3 is 3.00 bits per heavy atom. The molecule has 108 valence electrons. The third-order valence-electron chi connectivity index (χ3n) is 3.56. The number of nitrogens with two attached hydrogens (primary N) is 1. The summed E-state index contributed by atoms with van der Waals surface area (Å²) in [4.78, 5) is 18.7. The highest BCUT2D eigenvalue weighted by Crippen LogP contribution is 2.22. The lowest BCUT2D eigenvalue weighted by molar-refractivity contribution is 0.0799. The highest BCUT2D eigenvalue weighted by molar-refractivity contribution is 7.09. The maximum atomic E-state index is 12.6. The van der Waals surface area contributed by atoms with Crippen molar-refractivity contribution in [1.29, 1.82) is 0 Å². The number of aromatic amines is 1. The minimum Gasteiger partial charge on any atom is -0.399 e. The number of nitrogen functional groups attached to an aromatic ring is 1. The third-order valence-corrected chi connectivity index (χ3v) is 4.49. The molecule has 0 radical (unpaired) electrons. The Balaban J connectivity index is 1.78. The van der Waals surface area contributed by atoms with Gasteiger partial charge in [0.25, 0.3) is 5.91 Å². The molecule has 3 rings (SSSR count). The van der Waals surface area contributed by atoms with E-state index in [0.717, 1.165) is 17.3 Å². The van der Waals surface area contributed by atoms with Crippen LogP contribution in [0.3, 0.4) is 0 Å². The van der Waals surface area contributed by atoms with Crippen LogP contribution in [0.1, 0.15) is 15.2 Å². The van der Waals surface area contributed by atoms with Crippen molar-refractivity contribution in [2.24, 2.45) is 0 Å². The second-order valence-corrected chi connectivity index (χ2v) is 6.10. The van der Waals surface area contributed by atoms with Crippen LogP contribution in [0, 0.1) is 0 Å². The molecule has 0 aliphatic rings. The third kappa shape index (κ3) is 2.78. The molecule has 0 aliphatic heterocycles. The Hall–Kier alpha value is -2.27. The number of H-pyrrole nitrogens is 1. The molecule has 2 aromatic heterocycles. The summed E-state index contributed by atoms with van der Waals surface area (Å²) < 4.78 is 0. The molecule has 0 saturated carbocycles. The fourth-order valence-electron chi connectivity index (χ4n) is 2.36. The zero-order chi connectivity index (χ0) is 14.8. The van der Waals surface area contributed by atoms with Crippen molar-refractivity contribution in [2.45, 2.75) is 6.42 Å². The molecule has 3 aromatic rings. The number of aromatic nitrogens is 1. The Bertz CT molecular complexity index is 761. The van der Waals surface area contributed by atoms with Gasteiger partial charge >= 0.3 is 0 Å². The first-order valence-electron chi connectivity index (χ1n) is 6.79. The van der Waals surface area contributed by atoms with E-state index < -0.39 is 0 Å². The van der Waals surface area contributed by atoms with Crippen LogP contribution in [0.5, 0.6) is 0 Å². The molecular weight excluding hydrogens is 282 g/mol. The number of rotatable bonds is 4. The molecule has 0 fully saturated rings. The first-order valence-corrected chi connectivity index (χ1v) is 7.67. The van der Waals surface area contributed by atoms with Crippen LogP contribution in [0.25, 0.3) is 10.9 Å². The highest BCUT2D eigenvalue weighted by Gasteiger charge is 2.16. The smallest absolute Gasteiger partial charge is 0.255 e. The number of fused-ring (bicyclic) bond motifs is 1. The van der Waals surface area contributed by atoms with Crippen LogP contribution < -0.4 is 5.73 Å². The van der Waals surface area contributed by atoms with Crippen molar-refractivity contribution in [3.63, 3.8) is 0 Å². The second-order valence-electron chi connectivity index (χ2n) is 5.06. The summed E-state index contributed by atoms with van der Waals surface area (Å²) in [5.41, 5.74) is 8.08. The van der Waals surface area contributed by atoms with Gasteiger partial charge in [0.1, 0.15) is 0 Å². The normalized spacial score (nSPS) is 10.9. The number of hydrogen-bond acceptors (Lipinski definition) is 3. The number of hydrogen-bond donors (Lipinski definition) is 2. The van der Waals surface area contributed by atoms with E-state index in [9.17, 15) is 4.79 Å². The van der Waals surface area contributed by atoms with Gasteiger partial charge in [-0.05, 0) is 36.1 Å². The van der Waals surface area contributed by atoms with E-state index >= 15 is 0 Å². The standard InChI is InChI=1S/C16H17N3OS/c1-19(7-6-12-3-2-8-21-12)16(20)14-10-18-15-5-4-11(17)9-13(14)15/h2-5,8-10,18H,6-7,17H2,1H3. The van der Waals surface area contributed by atoms with Gasteiger partial charge in [0.15, 0.2) is 0 Å². The highest BCUT2D eigenvalue weighted by atomic mass is 32.1. The van der Waals surface area contributed by atoms with Crippen LogP contribution in [0.2, 0.25) is 0 Å². The van der Waals surface area contributed by atoms with Crippen LogP contribution in [-0.2, 0) is 6.42 Å². The number of likely N-dealkylation sites (N-methyl/N-ethyl adjacent to an activating group) is 1. The number of nitrogens with zero attached hydrogens (tertiary/aromatic N) is 1. The average Bonchev–Trinajstić information content (AvgIpc) is 3.12. The second kappa shape index (κ2) is 5.61. The molecule has 1 aromatic carbocycles. The van der Waals surface area contributed by atoms with Gasteiger partial charge in [-0.15, -0.1) is 11.3 Å². The van der Waals surface area contributed by atoms with Crippen molar-refractivity contribution in [3.05, 3.63) is 52.3 Å². The molecule has 21 heavy (non-hydrogen) atoms. The Labute approximate surface area is 127 Å². The van der Waals surface area contributed by atoms with Crippen molar-refractivity contribution in [3.8, 4) is 0 Å². The molecule has 0 unspecified atom stereocenters. The monoisotopic (exact) mass is 299 g/mol. The molecule has 0 spiro atoms. The van der Waals surface area contributed by atoms with E-state index in [4.69, 9.17) is 5.73 Å². The average molecular weight is 299 g/mol. The lowest BCUT2D eigenvalue weighted by Crippen LogP contribution is -2.28. The topological polar surface area (TPSA) is 62.1 Å². The van der Waals surface area contributed by atoms with Gasteiger partial charge in [-0.2, -0.15) is 0 Å². The minimum atomic E-state index is 0.0170. The SMILES string of the molecule is CN(CCc1cccs1)C(=O)c1c[nH]c2ccc(N)cc12. The lowest BCUT2D eigenvalue weighted by atomic mass is 10.1. The van der Waals surface area contributed by atoms with Gasteiger partial charge in [0, 0.05) is 41.3 Å². The van der Waals surface area contributed by atoms with Crippen molar-refractivity contribution in [1.82, 2.24) is 9.88 Å². The Morgan fingerprint density at radius 1 is 1.38 bits per heavy atom. The maximum Gasteiger partial charge on any atom is 0.255 e. The first kappa shape index (κ1) is 13.7. The van der Waals surface area contributed by atoms with Crippen molar-refractivity contribution in [2.75, 3.05) is 19.3 Å². The summed E-state index contributed by atoms with van der Waals surface area (Å²) >= 11 is 1.72. The van der Waals surface area contributed by atoms with E-state index in [1.165, 1.54) is 4.88 Å². The lowest BCUT2D eigenvalue weighted by Gasteiger charge is -2.16. The molecule has 1 amide bonds. The van der Waals surface area contributed by atoms with Gasteiger partial charge in [-0.25, -0.2) is 0 Å². The number of anilines is 1. The summed E-state index contributed by atoms with van der Waals surface area (Å²) in [6.07, 6.45) is 2.64. The number of thiophene rings is 1. The number of carbonyl (C=O) groups is 1. The summed E-state index contributed by atoms with van der Waals surface area (Å²) in [5, 5.41) is 2.93. The zero-order valence-electron chi connectivity index (χ0n) is 11.8. The number of amides is 1. The van der Waals surface area contributed by atoms with E-state index in [1.807, 2.05) is 31.3 Å². The van der Waals surface area contributed by atoms with Crippen LogP contribution in [-0.4, -0.2) is 29.4 Å². The van der Waals surface area contributed by atoms with Crippen LogP contribution >= 0.6 is 11.3 Å². The van der Waals surface area contributed by atoms with E-state index in [1.54, 1.807) is 22.4 Å². The molecule has 2 heterocycles. The molecule has 4 nitrogen and oxygen atoms in total. The van der Waals surface area contributed by atoms with Gasteiger partial charge in [0.2, 0.25) is 0 Å². The summed E-state index contributed by atoms with van der Waals surface area (Å²) in [5.74, 6) is 0.0170. The van der Waals surface area contributed by atoms with Crippen LogP contribution in [0.4, 0.5) is 5.69 Å². The van der Waals surface area contributed by atoms with Gasteiger partial charge in [0.05, 0.1) is 5.56 Å². The predicted molar refractivity (Wildman–Crippen MR) is 87.7 cm³/mol. The molecule has 0 bridgehead atoms. The van der Waals surface area contributed by atoms with Crippen LogP contribution in [0.15, 0.2) is 41.9 Å². The quantitative estimate of drug-likeness (QED) is 0.727. The zero-order valence-corrected chi connectivity index (χ0v) is 12.6. The van der Waals surface area contributed by atoms with Crippen molar-refractivity contribution < 1.29 is 4.79 Å². The van der Waals surface area contributed by atoms with Gasteiger partial charge < -0.3 is 15.6 Å². The largest absolute Gasteiger partial charge is 0.399 e. The summed E-state index contributed by atoms with van der Waals surface area (Å²) in [6.45, 7) is 0.703. The first-order chi connectivity index (χ1) is 10.1. The number of carbonyl (C=O) groups excluding carboxylic acids is 1. The van der Waals surface area contributed by atoms with Crippen molar-refractivity contribution >= 4 is 33.8 Å². The summed E-state index contributed by atoms with van der Waals surface area (Å²) in [7, 11) is 1.83. The molecule has 0 saturated heterocycles. The molecule has 5 heteroatoms. The molecular formula is C16H17N3OS. The fraction of sp³-hybridized carbons (Fsp3) is 0.188. The maximum absolute atomic E-state index is 12.6. The molecule has 0 aliphatic carbocycles. The fourth-order valence-corrected chi connectivity index (χ4v) is 3.05. The molecule has 3 N–H and O–H groups in total. The Kier molecular flexibility index (Phi) is 3.66. The predicted octanol–water partition coefficient (Wildman–Crippen LogP) is 3.13. The van der Waals surface area contributed by atoms with E-state index in [2.05, 4.69) is 16.4 Å². The van der Waals surface area contributed by atoms with E-state index in [0.29, 0.717) is 17.8 Å². The minimum absolute atomic E-state index is 0.0170. The number of nitrogens with one attached hydrogen (secondary N) is 1.